The normalized spacial score (nSPS) is 12.9. The summed E-state index contributed by atoms with van der Waals surface area (Å²) < 4.78 is 30.8. The Labute approximate surface area is 263 Å². The van der Waals surface area contributed by atoms with E-state index in [1.54, 1.807) is 30.3 Å². The molecule has 0 aliphatic carbocycles. The van der Waals surface area contributed by atoms with Crippen LogP contribution in [0.5, 0.6) is 17.2 Å². The number of carbonyl (C=O) groups is 4. The molecule has 45 heavy (non-hydrogen) atoms. The molecular formula is C31H33FN4O8S. The Balaban J connectivity index is 1.34. The largest absolute Gasteiger partial charge is 0.484 e. The summed E-state index contributed by atoms with van der Waals surface area (Å²) >= 11 is 1.47. The maximum Gasteiger partial charge on any atom is 0.323 e. The van der Waals surface area contributed by atoms with Crippen LogP contribution in [0.25, 0.3) is 0 Å². The number of aryl methyl sites for hydroxylation is 1. The maximum atomic E-state index is 14.7. The number of rotatable bonds is 14. The molecule has 2 unspecified atom stereocenters. The number of anilines is 2. The fourth-order valence-electron chi connectivity index (χ4n) is 4.39. The molecule has 4 amide bonds. The predicted octanol–water partition coefficient (Wildman–Crippen LogP) is 4.46. The highest BCUT2D eigenvalue weighted by atomic mass is 32.2. The number of halogens is 1. The number of carbonyl (C=O) groups excluding carboxylic acids is 3. The smallest absolute Gasteiger partial charge is 0.323 e. The van der Waals surface area contributed by atoms with E-state index in [4.69, 9.17) is 14.2 Å². The number of nitrogens with one attached hydrogen (secondary N) is 4. The van der Waals surface area contributed by atoms with Gasteiger partial charge in [0.15, 0.2) is 18.1 Å². The van der Waals surface area contributed by atoms with Gasteiger partial charge in [-0.1, -0.05) is 24.3 Å². The first-order chi connectivity index (χ1) is 21.6. The zero-order valence-corrected chi connectivity index (χ0v) is 25.4. The number of aliphatic carboxylic acids is 1. The molecular weight excluding hydrogens is 607 g/mol. The topological polar surface area (TPSA) is 164 Å². The van der Waals surface area contributed by atoms with Gasteiger partial charge in [-0.15, -0.1) is 0 Å². The van der Waals surface area contributed by atoms with E-state index in [0.717, 1.165) is 11.6 Å². The Hall–Kier alpha value is -4.98. The third-order valence-electron chi connectivity index (χ3n) is 6.71. The maximum absolute atomic E-state index is 14.7. The number of ether oxygens (including phenoxy) is 3. The molecule has 12 nitrogen and oxygen atoms in total. The van der Waals surface area contributed by atoms with Gasteiger partial charge in [0, 0.05) is 11.8 Å². The number of amides is 4. The molecule has 3 aromatic carbocycles. The van der Waals surface area contributed by atoms with Crippen molar-refractivity contribution in [3.8, 4) is 17.2 Å². The number of para-hydroxylation sites is 1. The Morgan fingerprint density at radius 3 is 2.47 bits per heavy atom. The minimum Gasteiger partial charge on any atom is -0.484 e. The molecule has 1 heterocycles. The summed E-state index contributed by atoms with van der Waals surface area (Å²) in [5.41, 5.74) is 1.83. The van der Waals surface area contributed by atoms with Gasteiger partial charge in [0.05, 0.1) is 18.2 Å². The van der Waals surface area contributed by atoms with Crippen LogP contribution in [-0.2, 0) is 14.4 Å². The fraction of sp³-hybridized carbons (Fsp3) is 0.290. The zero-order chi connectivity index (χ0) is 32.3. The SMILES string of the molecule is CSCCC(NC(=O)COc1ccc(NC(=O)Nc2ccccc2C)c(F)c1)C(=O)NC(CC(=O)O)c1ccc2c(c1)OCO2. The standard InChI is InChI=1S/C31H33FN4O8S/c1-18-5-3-4-6-22(18)35-31(41)36-23-9-8-20(14-21(23)32)42-16-28(37)33-24(11-12-45-2)30(40)34-25(15-29(38)39)19-7-10-26-27(13-19)44-17-43-26/h3-10,13-14,24-25H,11-12,15-17H2,1-2H3,(H,33,37)(H,34,40)(H,38,39)(H2,35,36,41). The summed E-state index contributed by atoms with van der Waals surface area (Å²) in [6.07, 6.45) is 1.71. The second-order valence-electron chi connectivity index (χ2n) is 10.00. The molecule has 14 heteroatoms. The van der Waals surface area contributed by atoms with Crippen molar-refractivity contribution in [3.63, 3.8) is 0 Å². The van der Waals surface area contributed by atoms with Crippen LogP contribution in [-0.4, -0.2) is 60.4 Å². The number of thioether (sulfide) groups is 1. The van der Waals surface area contributed by atoms with E-state index < -0.39 is 54.7 Å². The van der Waals surface area contributed by atoms with Crippen molar-refractivity contribution in [3.05, 3.63) is 77.6 Å². The minimum absolute atomic E-state index is 0.0296. The lowest BCUT2D eigenvalue weighted by Gasteiger charge is -2.23. The van der Waals surface area contributed by atoms with E-state index in [1.807, 2.05) is 25.3 Å². The third kappa shape index (κ3) is 9.50. The molecule has 3 aromatic rings. The van der Waals surface area contributed by atoms with Crippen LogP contribution in [0.15, 0.2) is 60.7 Å². The van der Waals surface area contributed by atoms with Crippen molar-refractivity contribution in [1.82, 2.24) is 10.6 Å². The Morgan fingerprint density at radius 2 is 1.73 bits per heavy atom. The van der Waals surface area contributed by atoms with E-state index in [1.165, 1.54) is 23.9 Å². The average Bonchev–Trinajstić information content (AvgIpc) is 3.48. The van der Waals surface area contributed by atoms with Crippen LogP contribution in [0.1, 0.15) is 30.0 Å². The van der Waals surface area contributed by atoms with Gasteiger partial charge in [-0.3, -0.25) is 14.4 Å². The van der Waals surface area contributed by atoms with Crippen molar-refractivity contribution in [2.24, 2.45) is 0 Å². The summed E-state index contributed by atoms with van der Waals surface area (Å²) in [5.74, 6) is -1.62. The lowest BCUT2D eigenvalue weighted by Crippen LogP contribution is -2.49. The summed E-state index contributed by atoms with van der Waals surface area (Å²) in [6, 6.07) is 13.2. The summed E-state index contributed by atoms with van der Waals surface area (Å²) in [4.78, 5) is 49.9. The molecule has 0 bridgehead atoms. The van der Waals surface area contributed by atoms with Crippen LogP contribution in [0.2, 0.25) is 0 Å². The molecule has 5 N–H and O–H groups in total. The zero-order valence-electron chi connectivity index (χ0n) is 24.6. The first kappa shape index (κ1) is 32.9. The first-order valence-corrected chi connectivity index (χ1v) is 15.3. The fourth-order valence-corrected chi connectivity index (χ4v) is 4.87. The lowest BCUT2D eigenvalue weighted by molar-refractivity contribution is -0.138. The second kappa shape index (κ2) is 15.7. The first-order valence-electron chi connectivity index (χ1n) is 13.9. The van der Waals surface area contributed by atoms with Gasteiger partial charge in [0.2, 0.25) is 12.7 Å². The summed E-state index contributed by atoms with van der Waals surface area (Å²) in [6.45, 7) is 1.34. The van der Waals surface area contributed by atoms with Gasteiger partial charge >= 0.3 is 12.0 Å². The van der Waals surface area contributed by atoms with Crippen molar-refractivity contribution in [1.29, 1.82) is 0 Å². The van der Waals surface area contributed by atoms with Gasteiger partial charge in [0.1, 0.15) is 17.6 Å². The number of hydrogen-bond acceptors (Lipinski definition) is 8. The van der Waals surface area contributed by atoms with E-state index >= 15 is 0 Å². The molecule has 0 fully saturated rings. The molecule has 0 saturated carbocycles. The third-order valence-corrected chi connectivity index (χ3v) is 7.35. The van der Waals surface area contributed by atoms with Gasteiger partial charge < -0.3 is 40.6 Å². The molecule has 4 rings (SSSR count). The molecule has 0 saturated heterocycles. The molecule has 0 radical (unpaired) electrons. The van der Waals surface area contributed by atoms with Crippen molar-refractivity contribution >= 4 is 47.0 Å². The van der Waals surface area contributed by atoms with Gasteiger partial charge in [-0.05, 0) is 66.8 Å². The van der Waals surface area contributed by atoms with Gasteiger partial charge in [-0.2, -0.15) is 11.8 Å². The minimum atomic E-state index is -1.13. The van der Waals surface area contributed by atoms with E-state index in [2.05, 4.69) is 21.3 Å². The average molecular weight is 641 g/mol. The van der Waals surface area contributed by atoms with Crippen molar-refractivity contribution in [2.75, 3.05) is 36.0 Å². The van der Waals surface area contributed by atoms with Gasteiger partial charge in [-0.25, -0.2) is 9.18 Å². The van der Waals surface area contributed by atoms with Gasteiger partial charge in [0.25, 0.3) is 5.91 Å². The van der Waals surface area contributed by atoms with Crippen LogP contribution >= 0.6 is 11.8 Å². The lowest BCUT2D eigenvalue weighted by atomic mass is 10.0. The van der Waals surface area contributed by atoms with E-state index in [9.17, 15) is 28.7 Å². The number of carboxylic acid groups (broad SMARTS) is 1. The molecule has 238 valence electrons. The van der Waals surface area contributed by atoms with E-state index in [0.29, 0.717) is 28.5 Å². The van der Waals surface area contributed by atoms with Crippen LogP contribution in [0, 0.1) is 12.7 Å². The molecule has 0 aromatic heterocycles. The number of fused-ring (bicyclic) bond motifs is 1. The predicted molar refractivity (Wildman–Crippen MR) is 166 cm³/mol. The highest BCUT2D eigenvalue weighted by Gasteiger charge is 2.27. The highest BCUT2D eigenvalue weighted by Crippen LogP contribution is 2.35. The summed E-state index contributed by atoms with van der Waals surface area (Å²) in [7, 11) is 0. The van der Waals surface area contributed by atoms with Crippen LogP contribution in [0.3, 0.4) is 0 Å². The van der Waals surface area contributed by atoms with Crippen molar-refractivity contribution < 1.29 is 42.9 Å². The van der Waals surface area contributed by atoms with Crippen molar-refractivity contribution in [2.45, 2.75) is 31.8 Å². The Bertz CT molecular complexity index is 1560. The quantitative estimate of drug-likeness (QED) is 0.171. The van der Waals surface area contributed by atoms with Crippen LogP contribution in [0.4, 0.5) is 20.6 Å². The molecule has 1 aliphatic heterocycles. The van der Waals surface area contributed by atoms with E-state index in [-0.39, 0.29) is 24.7 Å². The monoisotopic (exact) mass is 640 g/mol. The number of benzene rings is 3. The second-order valence-corrected chi connectivity index (χ2v) is 11.0. The number of carboxylic acids is 1. The molecule has 2 atom stereocenters. The number of urea groups is 1. The molecule has 0 spiro atoms. The highest BCUT2D eigenvalue weighted by molar-refractivity contribution is 7.98. The number of hydrogen-bond donors (Lipinski definition) is 5. The Kier molecular flexibility index (Phi) is 11.5. The van der Waals surface area contributed by atoms with Crippen LogP contribution < -0.4 is 35.5 Å². The summed E-state index contributed by atoms with van der Waals surface area (Å²) in [5, 5.41) is 19.9. The Morgan fingerprint density at radius 1 is 0.978 bits per heavy atom. The molecule has 1 aliphatic rings.